The van der Waals surface area contributed by atoms with E-state index < -0.39 is 0 Å². The van der Waals surface area contributed by atoms with Crippen LogP contribution in [0.1, 0.15) is 40.9 Å². The molecule has 0 unspecified atom stereocenters. The van der Waals surface area contributed by atoms with E-state index in [9.17, 15) is 4.79 Å². The Morgan fingerprint density at radius 1 is 1.56 bits per heavy atom. The normalized spacial score (nSPS) is 23.9. The number of carbonyl (C=O) groups is 1. The zero-order chi connectivity index (χ0) is 13.1. The summed E-state index contributed by atoms with van der Waals surface area (Å²) in [5.41, 5.74) is 6.90. The molecule has 1 saturated carbocycles. The predicted octanol–water partition coefficient (Wildman–Crippen LogP) is 3.07. The summed E-state index contributed by atoms with van der Waals surface area (Å²) < 4.78 is 1.03. The second-order valence-corrected chi connectivity index (χ2v) is 7.30. The van der Waals surface area contributed by atoms with Gasteiger partial charge >= 0.3 is 0 Å². The quantitative estimate of drug-likeness (QED) is 0.894. The van der Waals surface area contributed by atoms with E-state index in [4.69, 9.17) is 5.73 Å². The lowest BCUT2D eigenvalue weighted by atomic mass is 9.84. The maximum absolute atomic E-state index is 12.2. The van der Waals surface area contributed by atoms with Crippen LogP contribution in [0.5, 0.6) is 0 Å². The summed E-state index contributed by atoms with van der Waals surface area (Å²) in [6.45, 7) is 2.67. The van der Waals surface area contributed by atoms with E-state index in [1.54, 1.807) is 0 Å². The van der Waals surface area contributed by atoms with Gasteiger partial charge in [0.25, 0.3) is 5.91 Å². The minimum atomic E-state index is 0.0409. The van der Waals surface area contributed by atoms with Gasteiger partial charge in [0, 0.05) is 6.04 Å². The highest BCUT2D eigenvalue weighted by atomic mass is 79.9. The summed E-state index contributed by atoms with van der Waals surface area (Å²) in [6, 6.07) is 2.18. The van der Waals surface area contributed by atoms with E-state index in [0.29, 0.717) is 12.5 Å². The molecular formula is C13H19BrN2OS. The van der Waals surface area contributed by atoms with Crippen molar-refractivity contribution in [2.75, 3.05) is 6.54 Å². The Bertz CT molecular complexity index is 413. The second kappa shape index (κ2) is 6.17. The maximum atomic E-state index is 12.2. The predicted molar refractivity (Wildman–Crippen MR) is 79.0 cm³/mol. The molecule has 0 aliphatic heterocycles. The number of hydrogen-bond acceptors (Lipinski definition) is 3. The first-order chi connectivity index (χ1) is 8.61. The van der Waals surface area contributed by atoms with E-state index in [-0.39, 0.29) is 11.9 Å². The molecule has 2 atom stereocenters. The number of amides is 1. The van der Waals surface area contributed by atoms with Crippen molar-refractivity contribution in [3.63, 3.8) is 0 Å². The zero-order valence-corrected chi connectivity index (χ0v) is 12.9. The average molecular weight is 331 g/mol. The van der Waals surface area contributed by atoms with Crippen molar-refractivity contribution in [2.24, 2.45) is 11.7 Å². The minimum Gasteiger partial charge on any atom is -0.348 e. The highest BCUT2D eigenvalue weighted by Crippen LogP contribution is 2.28. The third-order valence-electron chi connectivity index (χ3n) is 3.61. The van der Waals surface area contributed by atoms with Gasteiger partial charge < -0.3 is 11.1 Å². The zero-order valence-electron chi connectivity index (χ0n) is 10.5. The van der Waals surface area contributed by atoms with Gasteiger partial charge in [0.05, 0.1) is 8.66 Å². The van der Waals surface area contributed by atoms with E-state index in [1.165, 1.54) is 24.2 Å². The lowest BCUT2D eigenvalue weighted by Gasteiger charge is -2.31. The number of hydrogen-bond donors (Lipinski definition) is 2. The molecule has 3 nitrogen and oxygen atoms in total. The Morgan fingerprint density at radius 3 is 2.89 bits per heavy atom. The molecule has 5 heteroatoms. The lowest BCUT2D eigenvalue weighted by molar-refractivity contribution is 0.0912. The van der Waals surface area contributed by atoms with Crippen molar-refractivity contribution in [1.82, 2.24) is 5.32 Å². The van der Waals surface area contributed by atoms with Crippen LogP contribution in [0.4, 0.5) is 0 Å². The number of carbonyl (C=O) groups excluding carboxylic acids is 1. The molecule has 3 N–H and O–H groups in total. The Labute approximate surface area is 120 Å². The van der Waals surface area contributed by atoms with E-state index >= 15 is 0 Å². The molecule has 0 bridgehead atoms. The van der Waals surface area contributed by atoms with Gasteiger partial charge in [-0.3, -0.25) is 4.79 Å². The van der Waals surface area contributed by atoms with Gasteiger partial charge in [0.15, 0.2) is 0 Å². The van der Waals surface area contributed by atoms with Gasteiger partial charge in [-0.1, -0.05) is 12.8 Å². The number of halogens is 1. The van der Waals surface area contributed by atoms with Crippen LogP contribution in [0.25, 0.3) is 0 Å². The van der Waals surface area contributed by atoms with Gasteiger partial charge in [-0.2, -0.15) is 0 Å². The van der Waals surface area contributed by atoms with Crippen molar-refractivity contribution in [3.05, 3.63) is 20.3 Å². The van der Waals surface area contributed by atoms with Crippen LogP contribution in [0.15, 0.2) is 9.85 Å². The number of nitrogens with one attached hydrogen (secondary N) is 1. The summed E-state index contributed by atoms with van der Waals surface area (Å²) in [7, 11) is 0. The smallest absolute Gasteiger partial charge is 0.261 e. The van der Waals surface area contributed by atoms with Crippen LogP contribution in [-0.2, 0) is 0 Å². The number of aryl methyl sites for hydroxylation is 1. The fourth-order valence-electron chi connectivity index (χ4n) is 2.49. The van der Waals surface area contributed by atoms with Crippen LogP contribution in [0, 0.1) is 12.8 Å². The SMILES string of the molecule is Cc1cc(C(=O)N[C@H]2CCCC[C@@H]2CN)sc1Br. The molecule has 100 valence electrons. The fraction of sp³-hybridized carbons (Fsp3) is 0.615. The molecule has 0 spiro atoms. The highest BCUT2D eigenvalue weighted by molar-refractivity contribution is 9.11. The molecule has 0 aromatic carbocycles. The minimum absolute atomic E-state index is 0.0409. The summed E-state index contributed by atoms with van der Waals surface area (Å²) in [5.74, 6) is 0.478. The summed E-state index contributed by atoms with van der Waals surface area (Å²) >= 11 is 4.95. The van der Waals surface area contributed by atoms with Gasteiger partial charge in [0.1, 0.15) is 0 Å². The fourth-order valence-corrected chi connectivity index (χ4v) is 3.93. The largest absolute Gasteiger partial charge is 0.348 e. The first kappa shape index (κ1) is 14.0. The Morgan fingerprint density at radius 2 is 2.28 bits per heavy atom. The van der Waals surface area contributed by atoms with Crippen molar-refractivity contribution in [2.45, 2.75) is 38.6 Å². The van der Waals surface area contributed by atoms with E-state index in [2.05, 4.69) is 21.2 Å². The second-order valence-electron chi connectivity index (χ2n) is 4.93. The number of rotatable bonds is 3. The molecule has 1 amide bonds. The average Bonchev–Trinajstić information content (AvgIpc) is 2.70. The monoisotopic (exact) mass is 330 g/mol. The third kappa shape index (κ3) is 3.13. The van der Waals surface area contributed by atoms with Crippen LogP contribution in [0.3, 0.4) is 0 Å². The Hall–Kier alpha value is -0.390. The molecule has 2 rings (SSSR count). The van der Waals surface area contributed by atoms with Crippen LogP contribution in [0.2, 0.25) is 0 Å². The molecular weight excluding hydrogens is 312 g/mol. The standard InChI is InChI=1S/C13H19BrN2OS/c1-8-6-11(18-12(8)14)13(17)16-10-5-3-2-4-9(10)7-15/h6,9-10H,2-5,7,15H2,1H3,(H,16,17)/t9-,10+/m1/s1. The molecule has 0 saturated heterocycles. The molecule has 1 aromatic heterocycles. The summed E-state index contributed by atoms with van der Waals surface area (Å²) in [5, 5.41) is 3.15. The van der Waals surface area contributed by atoms with Crippen molar-refractivity contribution < 1.29 is 4.79 Å². The first-order valence-electron chi connectivity index (χ1n) is 6.38. The lowest BCUT2D eigenvalue weighted by Crippen LogP contribution is -2.44. The molecule has 1 aliphatic carbocycles. The van der Waals surface area contributed by atoms with Crippen molar-refractivity contribution in [1.29, 1.82) is 0 Å². The molecule has 1 fully saturated rings. The first-order valence-corrected chi connectivity index (χ1v) is 7.99. The molecule has 1 aliphatic rings. The topological polar surface area (TPSA) is 55.1 Å². The van der Waals surface area contributed by atoms with Crippen LogP contribution < -0.4 is 11.1 Å². The molecule has 1 heterocycles. The number of nitrogens with two attached hydrogens (primary N) is 1. The Balaban J connectivity index is 2.01. The maximum Gasteiger partial charge on any atom is 0.261 e. The van der Waals surface area contributed by atoms with E-state index in [0.717, 1.165) is 27.1 Å². The van der Waals surface area contributed by atoms with Gasteiger partial charge in [0.2, 0.25) is 0 Å². The van der Waals surface area contributed by atoms with Crippen molar-refractivity contribution >= 4 is 33.2 Å². The van der Waals surface area contributed by atoms with Gasteiger partial charge in [-0.05, 0) is 59.8 Å². The highest BCUT2D eigenvalue weighted by Gasteiger charge is 2.26. The molecule has 1 aromatic rings. The van der Waals surface area contributed by atoms with Gasteiger partial charge in [-0.15, -0.1) is 11.3 Å². The number of thiophene rings is 1. The van der Waals surface area contributed by atoms with Crippen LogP contribution >= 0.6 is 27.3 Å². The van der Waals surface area contributed by atoms with E-state index in [1.807, 2.05) is 13.0 Å². The van der Waals surface area contributed by atoms with Gasteiger partial charge in [-0.25, -0.2) is 0 Å². The summed E-state index contributed by atoms with van der Waals surface area (Å²) in [4.78, 5) is 13.0. The Kier molecular flexibility index (Phi) is 4.81. The van der Waals surface area contributed by atoms with Crippen LogP contribution in [-0.4, -0.2) is 18.5 Å². The molecule has 18 heavy (non-hydrogen) atoms. The third-order valence-corrected chi connectivity index (χ3v) is 5.74. The molecule has 0 radical (unpaired) electrons. The summed E-state index contributed by atoms with van der Waals surface area (Å²) in [6.07, 6.45) is 4.61. The van der Waals surface area contributed by atoms with Crippen molar-refractivity contribution in [3.8, 4) is 0 Å².